The summed E-state index contributed by atoms with van der Waals surface area (Å²) < 4.78 is 5.28. The molecule has 0 saturated carbocycles. The molecule has 3 aliphatic heterocycles. The number of benzene rings is 2. The van der Waals surface area contributed by atoms with Crippen molar-refractivity contribution in [1.29, 1.82) is 0 Å². The molecule has 3 saturated heterocycles. The van der Waals surface area contributed by atoms with Gasteiger partial charge >= 0.3 is 6.03 Å². The average molecular weight is 437 g/mol. The van der Waals surface area contributed by atoms with Crippen LogP contribution in [0.15, 0.2) is 54.6 Å². The first kappa shape index (κ1) is 21.2. The number of hydrogen-bond acceptors (Lipinski definition) is 6. The highest BCUT2D eigenvalue weighted by Crippen LogP contribution is 2.34. The molecule has 4 unspecified atom stereocenters. The molecule has 5 rings (SSSR count). The molecule has 0 spiro atoms. The minimum absolute atomic E-state index is 0.00414. The maximum atomic E-state index is 13.4. The number of carbonyl (C=O) groups excluding carboxylic acids is 1. The van der Waals surface area contributed by atoms with Gasteiger partial charge in [0.05, 0.1) is 19.9 Å². The van der Waals surface area contributed by atoms with Gasteiger partial charge in [-0.3, -0.25) is 10.6 Å². The lowest BCUT2D eigenvalue weighted by atomic mass is 9.86. The van der Waals surface area contributed by atoms with Crippen molar-refractivity contribution in [3.05, 3.63) is 65.7 Å². The molecule has 3 fully saturated rings. The van der Waals surface area contributed by atoms with Gasteiger partial charge in [-0.25, -0.2) is 15.2 Å². The number of urea groups is 1. The molecule has 3 heterocycles. The SMILES string of the molecule is COc1ccc(CN2C(=O)N3NCNC3C3CCC(CNCc4ccccc4)NC32)cc1. The topological polar surface area (TPSA) is 80.9 Å². The molecule has 2 amide bonds. The summed E-state index contributed by atoms with van der Waals surface area (Å²) in [6.07, 6.45) is 2.18. The summed E-state index contributed by atoms with van der Waals surface area (Å²) in [5.74, 6) is 1.15. The maximum Gasteiger partial charge on any atom is 0.337 e. The number of piperidine rings is 1. The molecule has 4 atom stereocenters. The first-order valence-corrected chi connectivity index (χ1v) is 11.4. The largest absolute Gasteiger partial charge is 0.497 e. The second-order valence-corrected chi connectivity index (χ2v) is 8.78. The zero-order chi connectivity index (χ0) is 21.9. The van der Waals surface area contributed by atoms with Crippen molar-refractivity contribution in [3.8, 4) is 5.75 Å². The summed E-state index contributed by atoms with van der Waals surface area (Å²) in [5, 5.41) is 12.6. The third-order valence-electron chi connectivity index (χ3n) is 6.77. The van der Waals surface area contributed by atoms with E-state index in [0.717, 1.165) is 37.2 Å². The molecule has 4 N–H and O–H groups in total. The third-order valence-corrected chi connectivity index (χ3v) is 6.77. The van der Waals surface area contributed by atoms with Gasteiger partial charge in [-0.1, -0.05) is 42.5 Å². The van der Waals surface area contributed by atoms with Crippen LogP contribution >= 0.6 is 0 Å². The molecule has 2 aromatic rings. The average Bonchev–Trinajstić information content (AvgIpc) is 3.33. The maximum absolute atomic E-state index is 13.4. The number of hydrogen-bond donors (Lipinski definition) is 4. The van der Waals surface area contributed by atoms with Crippen molar-refractivity contribution < 1.29 is 9.53 Å². The molecule has 0 radical (unpaired) electrons. The number of hydrazine groups is 1. The first-order chi connectivity index (χ1) is 15.7. The minimum atomic E-state index is -0.00414. The van der Waals surface area contributed by atoms with Crippen LogP contribution in [0.2, 0.25) is 0 Å². The molecule has 3 aliphatic rings. The Morgan fingerprint density at radius 3 is 2.62 bits per heavy atom. The van der Waals surface area contributed by atoms with Gasteiger partial charge in [0.2, 0.25) is 0 Å². The summed E-state index contributed by atoms with van der Waals surface area (Å²) in [5.41, 5.74) is 5.59. The Kier molecular flexibility index (Phi) is 6.27. The van der Waals surface area contributed by atoms with Crippen LogP contribution in [0.25, 0.3) is 0 Å². The predicted octanol–water partition coefficient (Wildman–Crippen LogP) is 1.81. The van der Waals surface area contributed by atoms with Crippen LogP contribution in [0.3, 0.4) is 0 Å². The van der Waals surface area contributed by atoms with E-state index in [2.05, 4.69) is 45.6 Å². The van der Waals surface area contributed by atoms with Gasteiger partial charge in [-0.2, -0.15) is 0 Å². The number of amides is 2. The van der Waals surface area contributed by atoms with Crippen LogP contribution in [-0.4, -0.2) is 54.6 Å². The van der Waals surface area contributed by atoms with Gasteiger partial charge in [-0.15, -0.1) is 0 Å². The zero-order valence-corrected chi connectivity index (χ0v) is 18.5. The van der Waals surface area contributed by atoms with Crippen LogP contribution < -0.4 is 26.1 Å². The molecule has 8 nitrogen and oxygen atoms in total. The van der Waals surface area contributed by atoms with Crippen LogP contribution in [0.1, 0.15) is 24.0 Å². The summed E-state index contributed by atoms with van der Waals surface area (Å²) in [6.45, 7) is 2.91. The van der Waals surface area contributed by atoms with Crippen molar-refractivity contribution in [2.45, 2.75) is 44.3 Å². The van der Waals surface area contributed by atoms with Crippen LogP contribution in [0.4, 0.5) is 4.79 Å². The second kappa shape index (κ2) is 9.46. The lowest BCUT2D eigenvalue weighted by molar-refractivity contribution is -0.0222. The Balaban J connectivity index is 1.28. The van der Waals surface area contributed by atoms with E-state index >= 15 is 0 Å². The van der Waals surface area contributed by atoms with Gasteiger partial charge in [0.1, 0.15) is 11.9 Å². The van der Waals surface area contributed by atoms with Crippen molar-refractivity contribution >= 4 is 6.03 Å². The number of methoxy groups -OCH3 is 1. The van der Waals surface area contributed by atoms with Crippen molar-refractivity contribution in [3.63, 3.8) is 0 Å². The standard InChI is InChI=1S/C24H32N6O2/c1-32-20-10-7-18(8-11-20)15-29-23-21(22-26-16-27-30(22)24(29)31)12-9-19(28-23)14-25-13-17-5-3-2-4-6-17/h2-8,10-11,19,21-23,25-28H,9,12-16H2,1H3. The highest BCUT2D eigenvalue weighted by Gasteiger charge is 2.50. The number of nitrogens with zero attached hydrogens (tertiary/aromatic N) is 2. The Hall–Kier alpha value is -2.65. The highest BCUT2D eigenvalue weighted by molar-refractivity contribution is 5.76. The highest BCUT2D eigenvalue weighted by atomic mass is 16.5. The van der Waals surface area contributed by atoms with Crippen molar-refractivity contribution in [2.75, 3.05) is 20.3 Å². The van der Waals surface area contributed by atoms with Crippen LogP contribution in [0.5, 0.6) is 5.75 Å². The molecule has 2 aromatic carbocycles. The monoisotopic (exact) mass is 436 g/mol. The van der Waals surface area contributed by atoms with Gasteiger partial charge in [-0.05, 0) is 36.1 Å². The van der Waals surface area contributed by atoms with E-state index in [9.17, 15) is 4.79 Å². The Bertz CT molecular complexity index is 908. The number of ether oxygens (including phenoxy) is 1. The van der Waals surface area contributed by atoms with Gasteiger partial charge < -0.3 is 15.0 Å². The normalized spacial score (nSPS) is 27.2. The van der Waals surface area contributed by atoms with E-state index in [4.69, 9.17) is 4.74 Å². The fraction of sp³-hybridized carbons (Fsp3) is 0.458. The molecule has 32 heavy (non-hydrogen) atoms. The van der Waals surface area contributed by atoms with Gasteiger partial charge in [0.15, 0.2) is 0 Å². The van der Waals surface area contributed by atoms with E-state index in [-0.39, 0.29) is 18.4 Å². The summed E-state index contributed by atoms with van der Waals surface area (Å²) in [7, 11) is 1.66. The smallest absolute Gasteiger partial charge is 0.337 e. The number of rotatable bonds is 7. The van der Waals surface area contributed by atoms with Gasteiger partial charge in [0.25, 0.3) is 0 Å². The Morgan fingerprint density at radius 1 is 1.03 bits per heavy atom. The quantitative estimate of drug-likeness (QED) is 0.530. The lowest BCUT2D eigenvalue weighted by Gasteiger charge is -2.51. The number of nitrogens with one attached hydrogen (secondary N) is 4. The van der Waals surface area contributed by atoms with Gasteiger partial charge in [0, 0.05) is 31.6 Å². The number of carbonyl (C=O) groups is 1. The van der Waals surface area contributed by atoms with Crippen LogP contribution in [0, 0.1) is 5.92 Å². The Labute approximate surface area is 189 Å². The predicted molar refractivity (Wildman–Crippen MR) is 122 cm³/mol. The van der Waals surface area contributed by atoms with E-state index in [1.807, 2.05) is 35.2 Å². The van der Waals surface area contributed by atoms with E-state index in [0.29, 0.717) is 25.2 Å². The summed E-state index contributed by atoms with van der Waals surface area (Å²) in [6, 6.07) is 18.8. The fourth-order valence-electron chi connectivity index (χ4n) is 5.10. The molecule has 0 aromatic heterocycles. The number of fused-ring (bicyclic) bond motifs is 3. The van der Waals surface area contributed by atoms with Crippen molar-refractivity contribution in [1.82, 2.24) is 31.3 Å². The summed E-state index contributed by atoms with van der Waals surface area (Å²) >= 11 is 0. The minimum Gasteiger partial charge on any atom is -0.497 e. The molecule has 170 valence electrons. The van der Waals surface area contributed by atoms with Crippen LogP contribution in [-0.2, 0) is 13.1 Å². The first-order valence-electron chi connectivity index (χ1n) is 11.4. The molecule has 8 heteroatoms. The fourth-order valence-corrected chi connectivity index (χ4v) is 5.10. The zero-order valence-electron chi connectivity index (χ0n) is 18.5. The molecular weight excluding hydrogens is 404 g/mol. The molecule has 0 aliphatic carbocycles. The van der Waals surface area contributed by atoms with E-state index < -0.39 is 0 Å². The van der Waals surface area contributed by atoms with Crippen molar-refractivity contribution in [2.24, 2.45) is 5.92 Å². The third kappa shape index (κ3) is 4.31. The van der Waals surface area contributed by atoms with E-state index in [1.54, 1.807) is 12.1 Å². The molecular formula is C24H32N6O2. The Morgan fingerprint density at radius 2 is 1.84 bits per heavy atom. The lowest BCUT2D eigenvalue weighted by Crippen LogP contribution is -2.71. The molecule has 0 bridgehead atoms. The summed E-state index contributed by atoms with van der Waals surface area (Å²) in [4.78, 5) is 15.3. The second-order valence-electron chi connectivity index (χ2n) is 8.78. The van der Waals surface area contributed by atoms with E-state index in [1.165, 1.54) is 5.56 Å².